The summed E-state index contributed by atoms with van der Waals surface area (Å²) >= 11 is 1.85. The Morgan fingerprint density at radius 2 is 1.76 bits per heavy atom. The molecular weight excluding hydrogens is 715 g/mol. The Morgan fingerprint density at radius 1 is 1.08 bits per heavy atom. The van der Waals surface area contributed by atoms with Crippen molar-refractivity contribution < 1.29 is 17.9 Å². The van der Waals surface area contributed by atoms with E-state index in [1.807, 2.05) is 53.6 Å². The van der Waals surface area contributed by atoms with Crippen LogP contribution in [0.4, 0.5) is 10.5 Å². The summed E-state index contributed by atoms with van der Waals surface area (Å²) in [7, 11) is -3.84. The number of carbonyl (C=O) groups excluding carboxylic acids is 1. The summed E-state index contributed by atoms with van der Waals surface area (Å²) in [6.07, 6.45) is 2.68. The van der Waals surface area contributed by atoms with Gasteiger partial charge in [-0.2, -0.15) is 0 Å². The van der Waals surface area contributed by atoms with Crippen LogP contribution >= 0.6 is 11.3 Å². The molecule has 0 atom stereocenters. The number of thiazole rings is 1. The number of amides is 1. The summed E-state index contributed by atoms with van der Waals surface area (Å²) in [5.74, 6) is 0. The number of hydrogen-bond donors (Lipinski definition) is 2. The molecule has 2 aromatic heterocycles. The quantitative estimate of drug-likeness (QED) is 0.249. The molecule has 2 heterocycles. The van der Waals surface area contributed by atoms with Gasteiger partial charge in [0, 0.05) is 5.69 Å². The van der Waals surface area contributed by atoms with E-state index in [2.05, 4.69) is 20.1 Å². The number of aromatic nitrogens is 3. The van der Waals surface area contributed by atoms with Gasteiger partial charge in [-0.05, 0) is 13.8 Å². The first-order chi connectivity index (χ1) is 17.8. The Hall–Kier alpha value is -2.62. The second-order valence-corrected chi connectivity index (χ2v) is 14.5. The van der Waals surface area contributed by atoms with Crippen molar-refractivity contribution in [3.8, 4) is 32.3 Å². The van der Waals surface area contributed by atoms with Crippen LogP contribution in [0.1, 0.15) is 34.6 Å². The first-order valence-corrected chi connectivity index (χ1v) is 16.1. The van der Waals surface area contributed by atoms with Crippen molar-refractivity contribution in [2.75, 3.05) is 5.32 Å². The number of nitrogens with zero attached hydrogens (tertiary/aromatic N) is 3. The molecule has 0 saturated heterocycles. The van der Waals surface area contributed by atoms with Gasteiger partial charge in [0.25, 0.3) is 0 Å². The molecule has 0 fully saturated rings. The number of nitrogens with one attached hydrogen (secondary N) is 2. The van der Waals surface area contributed by atoms with Gasteiger partial charge < -0.3 is 4.74 Å². The number of sulfonamides is 1. The van der Waals surface area contributed by atoms with E-state index in [-0.39, 0.29) is 11.0 Å². The summed E-state index contributed by atoms with van der Waals surface area (Å²) in [4.78, 5) is 17.3. The van der Waals surface area contributed by atoms with E-state index < -0.39 is 21.7 Å². The third-order valence-electron chi connectivity index (χ3n) is 5.17. The molecule has 0 spiro atoms. The van der Waals surface area contributed by atoms with E-state index in [0.29, 0.717) is 37.3 Å². The first kappa shape index (κ1) is 28.4. The van der Waals surface area contributed by atoms with E-state index >= 15 is 0 Å². The minimum absolute atomic E-state index is 0.189. The number of ether oxygens (including phenoxy) is 1. The standard InChI is InChI=1S/C26H29N5O4S2.Tl/c1-16(2)35-25(32)29-19-9-6-17(7-10-19)24-27-15-22(36-24)20-11-8-18(21-12-13-28-30-21)14-23(20)37(33,34)31-26(3,4)5;/h6-16,31H,1-5H3,(H2,27,28,29,30,32);/q;+1/p-1. The third kappa shape index (κ3) is 6.87. The first-order valence-electron chi connectivity index (χ1n) is 11.8. The van der Waals surface area contributed by atoms with E-state index in [9.17, 15) is 13.2 Å². The van der Waals surface area contributed by atoms with Gasteiger partial charge in [0.05, 0.1) is 6.10 Å². The SMILES string of the molecule is CC(C)OC(=O)Nc1ccc(-c2ncc(-c3ccc(-c4ccn[n]4[Tl])cc3S(=O)(=O)NC(C)(C)C)s2)cc1. The van der Waals surface area contributed by atoms with Crippen molar-refractivity contribution in [2.24, 2.45) is 0 Å². The molecule has 196 valence electrons. The number of carbonyl (C=O) groups is 1. The average Bonchev–Trinajstić information content (AvgIpc) is 3.46. The molecule has 4 aromatic rings. The minimum atomic E-state index is -3.84. The van der Waals surface area contributed by atoms with Gasteiger partial charge >= 0.3 is 204 Å². The molecule has 2 N–H and O–H groups in total. The molecule has 0 radical (unpaired) electrons. The van der Waals surface area contributed by atoms with Gasteiger partial charge in [-0.15, -0.1) is 0 Å². The fraction of sp³-hybridized carbons (Fsp3) is 0.269. The molecule has 0 aliphatic carbocycles. The molecule has 12 heteroatoms. The Morgan fingerprint density at radius 3 is 2.37 bits per heavy atom. The molecule has 0 unspecified atom stereocenters. The molecule has 4 rings (SSSR count). The summed E-state index contributed by atoms with van der Waals surface area (Å²) < 4.78 is 36.8. The maximum absolute atomic E-state index is 13.5. The third-order valence-corrected chi connectivity index (χ3v) is 9.65. The van der Waals surface area contributed by atoms with E-state index in [0.717, 1.165) is 26.7 Å². The molecule has 0 saturated carbocycles. The van der Waals surface area contributed by atoms with Crippen molar-refractivity contribution in [3.05, 3.63) is 60.9 Å². The summed E-state index contributed by atoms with van der Waals surface area (Å²) in [5.41, 5.74) is 3.04. The van der Waals surface area contributed by atoms with Crippen LogP contribution in [0.25, 0.3) is 32.3 Å². The van der Waals surface area contributed by atoms with Crippen LogP contribution in [0.5, 0.6) is 0 Å². The number of hydrogen-bond acceptors (Lipinski definition) is 7. The second-order valence-electron chi connectivity index (χ2n) is 9.91. The molecule has 2 aromatic carbocycles. The summed E-state index contributed by atoms with van der Waals surface area (Å²) in [5, 5.41) is 7.70. The maximum atomic E-state index is 13.5. The predicted octanol–water partition coefficient (Wildman–Crippen LogP) is 5.31. The monoisotopic (exact) mass is 743 g/mol. The van der Waals surface area contributed by atoms with Gasteiger partial charge in [-0.3, -0.25) is 5.32 Å². The van der Waals surface area contributed by atoms with Crippen molar-refractivity contribution in [1.29, 1.82) is 0 Å². The van der Waals surface area contributed by atoms with Crippen LogP contribution in [0.15, 0.2) is 65.8 Å². The Bertz CT molecular complexity index is 1550. The molecule has 0 bridgehead atoms. The Kier molecular flexibility index (Phi) is 8.40. The van der Waals surface area contributed by atoms with E-state index in [4.69, 9.17) is 4.74 Å². The van der Waals surface area contributed by atoms with Crippen LogP contribution < -0.4 is 10.0 Å². The van der Waals surface area contributed by atoms with E-state index in [1.165, 1.54) is 11.3 Å². The molecule has 0 aliphatic rings. The number of anilines is 1. The van der Waals surface area contributed by atoms with Gasteiger partial charge in [0.15, 0.2) is 0 Å². The van der Waals surface area contributed by atoms with Crippen LogP contribution in [-0.2, 0) is 14.8 Å². The Labute approximate surface area is 242 Å². The van der Waals surface area contributed by atoms with Gasteiger partial charge in [0.2, 0.25) is 0 Å². The fourth-order valence-electron chi connectivity index (χ4n) is 3.70. The normalized spacial score (nSPS) is 12.0. The molecule has 1 amide bonds. The van der Waals surface area contributed by atoms with Crippen LogP contribution in [0, 0.1) is 0 Å². The van der Waals surface area contributed by atoms with Crippen molar-refractivity contribution in [3.63, 3.8) is 0 Å². The molecular formula is C26H28N5O4S2Tl. The fourth-order valence-corrected chi connectivity index (χ4v) is 7.60. The average molecular weight is 743 g/mol. The number of rotatable bonds is 7. The van der Waals surface area contributed by atoms with Gasteiger partial charge in [-0.1, -0.05) is 0 Å². The van der Waals surface area contributed by atoms with Crippen LogP contribution in [-0.4, -0.2) is 64.8 Å². The van der Waals surface area contributed by atoms with Gasteiger partial charge in [-0.25, -0.2) is 4.79 Å². The molecule has 38 heavy (non-hydrogen) atoms. The van der Waals surface area contributed by atoms with Crippen LogP contribution in [0.2, 0.25) is 0 Å². The van der Waals surface area contributed by atoms with E-state index in [1.54, 1.807) is 44.4 Å². The number of benzene rings is 2. The van der Waals surface area contributed by atoms with Crippen molar-refractivity contribution >= 4 is 59.2 Å². The predicted molar refractivity (Wildman–Crippen MR) is 151 cm³/mol. The van der Waals surface area contributed by atoms with Gasteiger partial charge in [0.1, 0.15) is 0 Å². The topological polar surface area (TPSA) is 115 Å². The zero-order valence-corrected chi connectivity index (χ0v) is 27.8. The molecule has 0 aliphatic heterocycles. The van der Waals surface area contributed by atoms with Crippen molar-refractivity contribution in [1.82, 2.24) is 17.3 Å². The van der Waals surface area contributed by atoms with Crippen molar-refractivity contribution in [2.45, 2.75) is 51.2 Å². The zero-order chi connectivity index (χ0) is 27.7. The zero-order valence-electron chi connectivity index (χ0n) is 21.7. The summed E-state index contributed by atoms with van der Waals surface area (Å²) in [6.45, 7) is 9.01. The van der Waals surface area contributed by atoms with Crippen LogP contribution in [0.3, 0.4) is 0 Å². The Balaban J connectivity index is 1.69. The molecule has 9 nitrogen and oxygen atoms in total. The summed E-state index contributed by atoms with van der Waals surface area (Å²) in [6, 6.07) is 14.6. The second kappa shape index (κ2) is 11.2.